The summed E-state index contributed by atoms with van der Waals surface area (Å²) in [6, 6.07) is 6.36. The van der Waals surface area contributed by atoms with E-state index in [1.807, 2.05) is 0 Å². The minimum atomic E-state index is -0.292. The average molecular weight is 233 g/mol. The van der Waals surface area contributed by atoms with Gasteiger partial charge in [-0.2, -0.15) is 5.26 Å². The van der Waals surface area contributed by atoms with Crippen molar-refractivity contribution in [2.45, 2.75) is 25.8 Å². The third-order valence-electron chi connectivity index (χ3n) is 3.04. The number of rotatable bonds is 3. The van der Waals surface area contributed by atoms with Gasteiger partial charge >= 0.3 is 0 Å². The number of benzene rings is 1. The van der Waals surface area contributed by atoms with E-state index in [2.05, 4.69) is 16.5 Å². The highest BCUT2D eigenvalue weighted by atomic mass is 19.1. The molecule has 0 saturated carbocycles. The Balaban J connectivity index is 1.98. The zero-order chi connectivity index (χ0) is 12.1. The smallest absolute Gasteiger partial charge is 0.123 e. The number of piperidine rings is 1. The van der Waals surface area contributed by atoms with E-state index in [1.54, 1.807) is 0 Å². The zero-order valence-corrected chi connectivity index (χ0v) is 9.75. The summed E-state index contributed by atoms with van der Waals surface area (Å²) in [5.74, 6) is -0.292. The largest absolute Gasteiger partial charge is 0.251 e. The topological polar surface area (TPSA) is 39.1 Å². The number of hydrogen-bond donors (Lipinski definition) is 1. The summed E-state index contributed by atoms with van der Waals surface area (Å²) in [6.07, 6.45) is 3.67. The first-order chi connectivity index (χ1) is 8.29. The Morgan fingerprint density at radius 3 is 2.76 bits per heavy atom. The van der Waals surface area contributed by atoms with Crippen LogP contribution < -0.4 is 5.43 Å². The highest BCUT2D eigenvalue weighted by Crippen LogP contribution is 2.11. The molecule has 1 aromatic carbocycles. The van der Waals surface area contributed by atoms with Crippen molar-refractivity contribution in [1.82, 2.24) is 10.4 Å². The molecule has 0 radical (unpaired) electrons. The first kappa shape index (κ1) is 12.0. The van der Waals surface area contributed by atoms with Crippen molar-refractivity contribution < 1.29 is 4.39 Å². The van der Waals surface area contributed by atoms with E-state index in [4.69, 9.17) is 5.26 Å². The maximum Gasteiger partial charge on any atom is 0.123 e. The Bertz CT molecular complexity index is 419. The van der Waals surface area contributed by atoms with E-state index in [0.29, 0.717) is 12.1 Å². The Kier molecular flexibility index (Phi) is 4.08. The van der Waals surface area contributed by atoms with E-state index in [0.717, 1.165) is 18.7 Å². The Hall–Kier alpha value is -1.44. The van der Waals surface area contributed by atoms with Crippen LogP contribution in [0.25, 0.3) is 0 Å². The van der Waals surface area contributed by atoms with Crippen molar-refractivity contribution in [2.24, 2.45) is 0 Å². The molecule has 1 saturated heterocycles. The fourth-order valence-electron chi connectivity index (χ4n) is 2.07. The lowest BCUT2D eigenvalue weighted by atomic mass is 10.1. The fourth-order valence-corrected chi connectivity index (χ4v) is 2.07. The van der Waals surface area contributed by atoms with Gasteiger partial charge in [-0.1, -0.05) is 6.42 Å². The summed E-state index contributed by atoms with van der Waals surface area (Å²) in [4.78, 5) is 0. The van der Waals surface area contributed by atoms with Gasteiger partial charge in [0, 0.05) is 19.6 Å². The van der Waals surface area contributed by atoms with Gasteiger partial charge in [0.2, 0.25) is 0 Å². The van der Waals surface area contributed by atoms with E-state index in [9.17, 15) is 4.39 Å². The predicted molar refractivity (Wildman–Crippen MR) is 63.4 cm³/mol. The number of hydrogen-bond acceptors (Lipinski definition) is 3. The molecule has 0 aliphatic carbocycles. The van der Waals surface area contributed by atoms with Crippen LogP contribution in [0.4, 0.5) is 4.39 Å². The maximum absolute atomic E-state index is 13.1. The van der Waals surface area contributed by atoms with Gasteiger partial charge < -0.3 is 0 Å². The van der Waals surface area contributed by atoms with Crippen LogP contribution in [0.2, 0.25) is 0 Å². The first-order valence-electron chi connectivity index (χ1n) is 5.96. The molecule has 3 nitrogen and oxygen atoms in total. The molecule has 2 rings (SSSR count). The fraction of sp³-hybridized carbons (Fsp3) is 0.462. The van der Waals surface area contributed by atoms with Crippen molar-refractivity contribution in [2.75, 3.05) is 13.1 Å². The SMILES string of the molecule is N#Cc1ccc(F)cc1CNN1CCCCC1. The molecule has 1 aliphatic rings. The van der Waals surface area contributed by atoms with Crippen LogP contribution in [0.15, 0.2) is 18.2 Å². The number of nitrogens with one attached hydrogen (secondary N) is 1. The summed E-state index contributed by atoms with van der Waals surface area (Å²) in [5.41, 5.74) is 4.51. The van der Waals surface area contributed by atoms with Crippen molar-refractivity contribution in [3.63, 3.8) is 0 Å². The molecule has 1 fully saturated rings. The van der Waals surface area contributed by atoms with Gasteiger partial charge in [0.05, 0.1) is 11.6 Å². The number of hydrazine groups is 1. The molecule has 1 heterocycles. The molecule has 1 aliphatic heterocycles. The van der Waals surface area contributed by atoms with Crippen LogP contribution >= 0.6 is 0 Å². The molecule has 0 aromatic heterocycles. The molecule has 0 spiro atoms. The molecule has 0 unspecified atom stereocenters. The van der Waals surface area contributed by atoms with Crippen molar-refractivity contribution in [1.29, 1.82) is 5.26 Å². The number of nitrogens with zero attached hydrogens (tertiary/aromatic N) is 2. The number of halogens is 1. The van der Waals surface area contributed by atoms with Gasteiger partial charge in [0.25, 0.3) is 0 Å². The predicted octanol–water partition coefficient (Wildman–Crippen LogP) is 2.19. The Morgan fingerprint density at radius 1 is 1.29 bits per heavy atom. The third-order valence-corrected chi connectivity index (χ3v) is 3.04. The second kappa shape index (κ2) is 5.76. The lowest BCUT2D eigenvalue weighted by molar-refractivity contribution is 0.151. The number of nitriles is 1. The standard InChI is InChI=1S/C13H16FN3/c14-13-5-4-11(9-15)12(8-13)10-16-17-6-2-1-3-7-17/h4-5,8,16H,1-3,6-7,10H2. The first-order valence-corrected chi connectivity index (χ1v) is 5.96. The summed E-state index contributed by atoms with van der Waals surface area (Å²) in [7, 11) is 0. The van der Waals surface area contributed by atoms with Crippen molar-refractivity contribution in [3.8, 4) is 6.07 Å². The molecule has 1 aromatic rings. The zero-order valence-electron chi connectivity index (χ0n) is 9.75. The van der Waals surface area contributed by atoms with Gasteiger partial charge in [-0.25, -0.2) is 9.40 Å². The molecule has 0 amide bonds. The van der Waals surface area contributed by atoms with Gasteiger partial charge in [-0.05, 0) is 36.6 Å². The summed E-state index contributed by atoms with van der Waals surface area (Å²) in [6.45, 7) is 2.56. The average Bonchev–Trinajstić information content (AvgIpc) is 2.38. The lowest BCUT2D eigenvalue weighted by Crippen LogP contribution is -2.41. The quantitative estimate of drug-likeness (QED) is 0.869. The van der Waals surface area contributed by atoms with E-state index < -0.39 is 0 Å². The van der Waals surface area contributed by atoms with Crippen LogP contribution in [0.5, 0.6) is 0 Å². The van der Waals surface area contributed by atoms with Crippen LogP contribution in [0, 0.1) is 17.1 Å². The van der Waals surface area contributed by atoms with Crippen molar-refractivity contribution >= 4 is 0 Å². The molecule has 90 valence electrons. The normalized spacial score (nSPS) is 16.7. The summed E-state index contributed by atoms with van der Waals surface area (Å²) >= 11 is 0. The summed E-state index contributed by atoms with van der Waals surface area (Å²) in [5, 5.41) is 11.1. The van der Waals surface area contributed by atoms with E-state index in [1.165, 1.54) is 37.5 Å². The van der Waals surface area contributed by atoms with Gasteiger partial charge in [0.15, 0.2) is 0 Å². The van der Waals surface area contributed by atoms with E-state index >= 15 is 0 Å². The molecular formula is C13H16FN3. The molecule has 4 heteroatoms. The van der Waals surface area contributed by atoms with Gasteiger partial charge in [-0.3, -0.25) is 5.43 Å². The molecule has 1 N–H and O–H groups in total. The second-order valence-corrected chi connectivity index (χ2v) is 4.30. The molecule has 0 atom stereocenters. The molecule has 17 heavy (non-hydrogen) atoms. The highest BCUT2D eigenvalue weighted by Gasteiger charge is 2.10. The van der Waals surface area contributed by atoms with Crippen LogP contribution in [-0.4, -0.2) is 18.1 Å². The van der Waals surface area contributed by atoms with Crippen LogP contribution in [0.3, 0.4) is 0 Å². The maximum atomic E-state index is 13.1. The highest BCUT2D eigenvalue weighted by molar-refractivity contribution is 5.37. The third kappa shape index (κ3) is 3.26. The van der Waals surface area contributed by atoms with Crippen LogP contribution in [0.1, 0.15) is 30.4 Å². The van der Waals surface area contributed by atoms with Crippen LogP contribution in [-0.2, 0) is 6.54 Å². The van der Waals surface area contributed by atoms with Gasteiger partial charge in [0.1, 0.15) is 5.82 Å². The molecule has 0 bridgehead atoms. The lowest BCUT2D eigenvalue weighted by Gasteiger charge is -2.27. The Labute approximate surface area is 101 Å². The minimum absolute atomic E-state index is 0.292. The van der Waals surface area contributed by atoms with Gasteiger partial charge in [-0.15, -0.1) is 0 Å². The Morgan fingerprint density at radius 2 is 2.06 bits per heavy atom. The second-order valence-electron chi connectivity index (χ2n) is 4.30. The van der Waals surface area contributed by atoms with Crippen molar-refractivity contribution in [3.05, 3.63) is 35.1 Å². The minimum Gasteiger partial charge on any atom is -0.251 e. The van der Waals surface area contributed by atoms with E-state index in [-0.39, 0.29) is 5.82 Å². The summed E-state index contributed by atoms with van der Waals surface area (Å²) < 4.78 is 13.1. The molecular weight excluding hydrogens is 217 g/mol. The monoisotopic (exact) mass is 233 g/mol.